The Morgan fingerprint density at radius 3 is 2.76 bits per heavy atom. The Morgan fingerprint density at radius 1 is 1.21 bits per heavy atom. The van der Waals surface area contributed by atoms with Crippen molar-refractivity contribution in [3.63, 3.8) is 0 Å². The number of likely N-dealkylation sites (tertiary alicyclic amines) is 1. The van der Waals surface area contributed by atoms with Crippen LogP contribution in [0.2, 0.25) is 0 Å². The molecule has 7 nitrogen and oxygen atoms in total. The molecule has 1 amide bonds. The van der Waals surface area contributed by atoms with Crippen LogP contribution in [0.15, 0.2) is 53.1 Å². The average molecular weight is 481 g/mol. The molecule has 1 aliphatic heterocycles. The number of carbonyl (C=O) groups is 1. The molecule has 180 valence electrons. The van der Waals surface area contributed by atoms with E-state index in [9.17, 15) is 4.79 Å². The molecule has 1 fully saturated rings. The maximum absolute atomic E-state index is 12.7. The molecule has 0 saturated carbocycles. The highest BCUT2D eigenvalue weighted by molar-refractivity contribution is 7.98. The highest BCUT2D eigenvalue weighted by atomic mass is 32.2. The van der Waals surface area contributed by atoms with Gasteiger partial charge in [0.15, 0.2) is 0 Å². The number of nitrogens with one attached hydrogen (secondary N) is 1. The maximum Gasteiger partial charge on any atom is 0.241 e. The Hall–Kier alpha value is -2.84. The van der Waals surface area contributed by atoms with Gasteiger partial charge in [-0.15, -0.1) is 0 Å². The number of amides is 1. The van der Waals surface area contributed by atoms with Crippen molar-refractivity contribution in [2.75, 3.05) is 32.5 Å². The standard InChI is InChI=1S/C26H32N4O3S/c1-19-5-7-20(8-6-19)18-34-15-13-27-26(31)22-4-3-14-30(16-22)17-24-28-25(29-33-24)21-9-11-23(32-2)12-10-21/h5-12,22H,3-4,13-18H2,1-2H3,(H,27,31). The predicted molar refractivity (Wildman–Crippen MR) is 135 cm³/mol. The number of thioether (sulfide) groups is 1. The van der Waals surface area contributed by atoms with Crippen LogP contribution < -0.4 is 10.1 Å². The first-order valence-electron chi connectivity index (χ1n) is 11.7. The molecule has 8 heteroatoms. The van der Waals surface area contributed by atoms with Crippen molar-refractivity contribution in [1.29, 1.82) is 0 Å². The Labute approximate surface area is 205 Å². The summed E-state index contributed by atoms with van der Waals surface area (Å²) in [5.41, 5.74) is 3.48. The lowest BCUT2D eigenvalue weighted by Gasteiger charge is -2.30. The van der Waals surface area contributed by atoms with Gasteiger partial charge in [0, 0.05) is 30.2 Å². The van der Waals surface area contributed by atoms with Crippen molar-refractivity contribution in [2.24, 2.45) is 5.92 Å². The summed E-state index contributed by atoms with van der Waals surface area (Å²) in [6.07, 6.45) is 1.90. The quantitative estimate of drug-likeness (QED) is 0.433. The number of piperidine rings is 1. The molecule has 1 unspecified atom stereocenters. The molecule has 4 rings (SSSR count). The normalized spacial score (nSPS) is 16.4. The lowest BCUT2D eigenvalue weighted by atomic mass is 9.97. The van der Waals surface area contributed by atoms with Crippen molar-refractivity contribution in [2.45, 2.75) is 32.1 Å². The summed E-state index contributed by atoms with van der Waals surface area (Å²) in [5.74, 6) is 3.94. The number of rotatable bonds is 10. The number of benzene rings is 2. The van der Waals surface area contributed by atoms with E-state index in [0.29, 0.717) is 31.3 Å². The zero-order valence-corrected chi connectivity index (χ0v) is 20.6. The fraction of sp³-hybridized carbons (Fsp3) is 0.423. The van der Waals surface area contributed by atoms with Crippen LogP contribution >= 0.6 is 11.8 Å². The third kappa shape index (κ3) is 6.84. The van der Waals surface area contributed by atoms with E-state index in [4.69, 9.17) is 9.26 Å². The molecule has 0 spiro atoms. The molecular weight excluding hydrogens is 448 g/mol. The first-order chi connectivity index (χ1) is 16.6. The Kier molecular flexibility index (Phi) is 8.60. The number of methoxy groups -OCH3 is 1. The van der Waals surface area contributed by atoms with Gasteiger partial charge in [-0.1, -0.05) is 35.0 Å². The van der Waals surface area contributed by atoms with Gasteiger partial charge >= 0.3 is 0 Å². The zero-order chi connectivity index (χ0) is 23.8. The summed E-state index contributed by atoms with van der Waals surface area (Å²) in [5, 5.41) is 7.23. The molecule has 2 aromatic carbocycles. The topological polar surface area (TPSA) is 80.5 Å². The fourth-order valence-corrected chi connectivity index (χ4v) is 4.86. The van der Waals surface area contributed by atoms with Crippen LogP contribution in [0.5, 0.6) is 5.75 Å². The molecule has 3 aromatic rings. The third-order valence-corrected chi connectivity index (χ3v) is 7.02. The van der Waals surface area contributed by atoms with E-state index in [1.165, 1.54) is 11.1 Å². The number of nitrogens with zero attached hydrogens (tertiary/aromatic N) is 3. The van der Waals surface area contributed by atoms with Crippen LogP contribution in [-0.2, 0) is 17.1 Å². The second kappa shape index (κ2) is 12.0. The van der Waals surface area contributed by atoms with E-state index in [0.717, 1.165) is 42.2 Å². The van der Waals surface area contributed by atoms with Crippen LogP contribution in [0.25, 0.3) is 11.4 Å². The summed E-state index contributed by atoms with van der Waals surface area (Å²) in [6, 6.07) is 16.2. The highest BCUT2D eigenvalue weighted by Gasteiger charge is 2.26. The highest BCUT2D eigenvalue weighted by Crippen LogP contribution is 2.22. The molecule has 0 radical (unpaired) electrons. The lowest BCUT2D eigenvalue weighted by molar-refractivity contribution is -0.126. The Morgan fingerprint density at radius 2 is 2.00 bits per heavy atom. The number of carbonyl (C=O) groups excluding carboxylic acids is 1. The van der Waals surface area contributed by atoms with Crippen molar-refractivity contribution in [1.82, 2.24) is 20.4 Å². The SMILES string of the molecule is COc1ccc(-c2noc(CN3CCCC(C(=O)NCCSCc4ccc(C)cc4)C3)n2)cc1. The molecule has 1 aromatic heterocycles. The molecule has 0 aliphatic carbocycles. The third-order valence-electron chi connectivity index (χ3n) is 5.99. The monoisotopic (exact) mass is 480 g/mol. The second-order valence-electron chi connectivity index (χ2n) is 8.64. The lowest BCUT2D eigenvalue weighted by Crippen LogP contribution is -2.43. The fourth-order valence-electron chi connectivity index (χ4n) is 4.05. The first kappa shape index (κ1) is 24.3. The second-order valence-corrected chi connectivity index (χ2v) is 9.75. The van der Waals surface area contributed by atoms with Crippen LogP contribution in [0.1, 0.15) is 29.9 Å². The van der Waals surface area contributed by atoms with Crippen LogP contribution in [0, 0.1) is 12.8 Å². The molecular formula is C26H32N4O3S. The predicted octanol–water partition coefficient (Wildman–Crippen LogP) is 4.32. The molecule has 34 heavy (non-hydrogen) atoms. The number of hydrogen-bond donors (Lipinski definition) is 1. The first-order valence-corrected chi connectivity index (χ1v) is 12.9. The van der Waals surface area contributed by atoms with E-state index in [1.807, 2.05) is 36.0 Å². The van der Waals surface area contributed by atoms with E-state index >= 15 is 0 Å². The van der Waals surface area contributed by atoms with Crippen molar-refractivity contribution < 1.29 is 14.1 Å². The van der Waals surface area contributed by atoms with E-state index < -0.39 is 0 Å². The van der Waals surface area contributed by atoms with Gasteiger partial charge in [0.05, 0.1) is 19.6 Å². The van der Waals surface area contributed by atoms with Gasteiger partial charge in [0.1, 0.15) is 5.75 Å². The summed E-state index contributed by atoms with van der Waals surface area (Å²) >= 11 is 1.85. The van der Waals surface area contributed by atoms with Crippen molar-refractivity contribution in [3.05, 3.63) is 65.5 Å². The number of ether oxygens (including phenoxy) is 1. The number of aromatic nitrogens is 2. The largest absolute Gasteiger partial charge is 0.497 e. The van der Waals surface area contributed by atoms with Gasteiger partial charge in [-0.3, -0.25) is 9.69 Å². The molecule has 1 N–H and O–H groups in total. The number of aryl methyl sites for hydroxylation is 1. The summed E-state index contributed by atoms with van der Waals surface area (Å²) < 4.78 is 10.7. The van der Waals surface area contributed by atoms with Gasteiger partial charge in [-0.2, -0.15) is 16.7 Å². The zero-order valence-electron chi connectivity index (χ0n) is 19.8. The minimum Gasteiger partial charge on any atom is -0.497 e. The van der Waals surface area contributed by atoms with Crippen molar-refractivity contribution >= 4 is 17.7 Å². The van der Waals surface area contributed by atoms with Gasteiger partial charge in [0.25, 0.3) is 0 Å². The average Bonchev–Trinajstić information content (AvgIpc) is 3.33. The van der Waals surface area contributed by atoms with Gasteiger partial charge in [-0.25, -0.2) is 0 Å². The summed E-state index contributed by atoms with van der Waals surface area (Å²) in [7, 11) is 1.64. The van der Waals surface area contributed by atoms with Gasteiger partial charge in [-0.05, 0) is 56.1 Å². The Bertz CT molecular complexity index is 1050. The van der Waals surface area contributed by atoms with Crippen LogP contribution in [0.4, 0.5) is 0 Å². The van der Waals surface area contributed by atoms with Crippen LogP contribution in [-0.4, -0.2) is 53.4 Å². The summed E-state index contributed by atoms with van der Waals surface area (Å²) in [6.45, 7) is 4.99. The van der Waals surface area contributed by atoms with Gasteiger partial charge in [0.2, 0.25) is 17.6 Å². The minimum atomic E-state index is -0.000159. The molecule has 1 saturated heterocycles. The number of hydrogen-bond acceptors (Lipinski definition) is 7. The molecule has 1 atom stereocenters. The Balaban J connectivity index is 1.19. The minimum absolute atomic E-state index is 0.000159. The van der Waals surface area contributed by atoms with Crippen molar-refractivity contribution in [3.8, 4) is 17.1 Å². The maximum atomic E-state index is 12.7. The molecule has 0 bridgehead atoms. The summed E-state index contributed by atoms with van der Waals surface area (Å²) in [4.78, 5) is 19.5. The van der Waals surface area contributed by atoms with E-state index in [-0.39, 0.29) is 11.8 Å². The molecule has 2 heterocycles. The smallest absolute Gasteiger partial charge is 0.241 e. The van der Waals surface area contributed by atoms with Gasteiger partial charge < -0.3 is 14.6 Å². The van der Waals surface area contributed by atoms with E-state index in [1.54, 1.807) is 7.11 Å². The van der Waals surface area contributed by atoms with E-state index in [2.05, 4.69) is 51.5 Å². The molecule has 1 aliphatic rings. The van der Waals surface area contributed by atoms with Crippen LogP contribution in [0.3, 0.4) is 0 Å².